The van der Waals surface area contributed by atoms with Gasteiger partial charge in [-0.05, 0) is 37.3 Å². The quantitative estimate of drug-likeness (QED) is 0.694. The number of aliphatic carboxylic acids is 1. The molecule has 0 atom stereocenters. The first-order chi connectivity index (χ1) is 13.0. The second-order valence-electron chi connectivity index (χ2n) is 5.30. The summed E-state index contributed by atoms with van der Waals surface area (Å²) in [7, 11) is 3.02. The van der Waals surface area contributed by atoms with E-state index in [4.69, 9.17) is 24.1 Å². The SMILES string of the molecule is CCOc1cc(C(=O)Nc2cc(OC)ccc2OC)ccc1OCC(=O)O. The predicted molar refractivity (Wildman–Crippen MR) is 98.2 cm³/mol. The third-order valence-electron chi connectivity index (χ3n) is 3.51. The highest BCUT2D eigenvalue weighted by Crippen LogP contribution is 2.31. The smallest absolute Gasteiger partial charge is 0.341 e. The first-order valence-corrected chi connectivity index (χ1v) is 8.13. The van der Waals surface area contributed by atoms with Gasteiger partial charge >= 0.3 is 5.97 Å². The Morgan fingerprint density at radius 2 is 1.70 bits per heavy atom. The van der Waals surface area contributed by atoms with Crippen LogP contribution in [-0.4, -0.2) is 44.4 Å². The van der Waals surface area contributed by atoms with Crippen molar-refractivity contribution in [3.05, 3.63) is 42.0 Å². The van der Waals surface area contributed by atoms with Crippen molar-refractivity contribution in [2.45, 2.75) is 6.92 Å². The molecule has 2 aromatic carbocycles. The fourth-order valence-corrected chi connectivity index (χ4v) is 2.28. The van der Waals surface area contributed by atoms with E-state index in [0.29, 0.717) is 29.4 Å². The Kier molecular flexibility index (Phi) is 6.87. The van der Waals surface area contributed by atoms with Crippen molar-refractivity contribution in [2.75, 3.05) is 32.8 Å². The maximum absolute atomic E-state index is 12.6. The minimum Gasteiger partial charge on any atom is -0.497 e. The zero-order valence-corrected chi connectivity index (χ0v) is 15.3. The largest absolute Gasteiger partial charge is 0.497 e. The van der Waals surface area contributed by atoms with Crippen LogP contribution < -0.4 is 24.3 Å². The number of carboxylic acids is 1. The number of benzene rings is 2. The lowest BCUT2D eigenvalue weighted by Gasteiger charge is -2.14. The van der Waals surface area contributed by atoms with Crippen molar-refractivity contribution in [3.8, 4) is 23.0 Å². The standard InChI is InChI=1S/C19H21NO7/c1-4-26-17-9-12(5-7-16(17)27-11-18(21)22)19(23)20-14-10-13(24-2)6-8-15(14)25-3/h5-10H,4,11H2,1-3H3,(H,20,23)(H,21,22). The van der Waals surface area contributed by atoms with E-state index in [-0.39, 0.29) is 11.5 Å². The minimum absolute atomic E-state index is 0.245. The van der Waals surface area contributed by atoms with Gasteiger partial charge in [-0.15, -0.1) is 0 Å². The predicted octanol–water partition coefficient (Wildman–Crippen LogP) is 2.82. The average molecular weight is 375 g/mol. The Labute approximate surface area is 156 Å². The molecule has 0 bridgehead atoms. The van der Waals surface area contributed by atoms with Crippen molar-refractivity contribution in [1.29, 1.82) is 0 Å². The summed E-state index contributed by atoms with van der Waals surface area (Å²) in [6, 6.07) is 9.54. The Balaban J connectivity index is 2.25. The number of rotatable bonds is 9. The van der Waals surface area contributed by atoms with Gasteiger partial charge in [-0.3, -0.25) is 4.79 Å². The van der Waals surface area contributed by atoms with E-state index in [2.05, 4.69) is 5.32 Å². The van der Waals surface area contributed by atoms with Crippen LogP contribution in [0.1, 0.15) is 17.3 Å². The molecular formula is C19H21NO7. The Hall–Kier alpha value is -3.42. The van der Waals surface area contributed by atoms with Gasteiger partial charge < -0.3 is 29.4 Å². The number of nitrogens with one attached hydrogen (secondary N) is 1. The lowest BCUT2D eigenvalue weighted by atomic mass is 10.1. The number of methoxy groups -OCH3 is 2. The normalized spacial score (nSPS) is 10.0. The fourth-order valence-electron chi connectivity index (χ4n) is 2.28. The van der Waals surface area contributed by atoms with Crippen LogP contribution in [0.4, 0.5) is 5.69 Å². The first kappa shape index (κ1) is 19.9. The number of carbonyl (C=O) groups is 2. The molecule has 0 saturated carbocycles. The summed E-state index contributed by atoms with van der Waals surface area (Å²) in [6.45, 7) is 1.60. The minimum atomic E-state index is -1.11. The Bertz CT molecular complexity index is 820. The van der Waals surface area contributed by atoms with Crippen LogP contribution in [0, 0.1) is 0 Å². The zero-order chi connectivity index (χ0) is 19.8. The fraction of sp³-hybridized carbons (Fsp3) is 0.263. The molecule has 8 nitrogen and oxygen atoms in total. The second kappa shape index (κ2) is 9.33. The van der Waals surface area contributed by atoms with Crippen LogP contribution in [0.2, 0.25) is 0 Å². The van der Waals surface area contributed by atoms with Crippen LogP contribution in [0.15, 0.2) is 36.4 Å². The van der Waals surface area contributed by atoms with Gasteiger partial charge in [0.15, 0.2) is 18.1 Å². The van der Waals surface area contributed by atoms with E-state index in [1.807, 2.05) is 0 Å². The Morgan fingerprint density at radius 3 is 2.33 bits per heavy atom. The summed E-state index contributed by atoms with van der Waals surface area (Å²) >= 11 is 0. The summed E-state index contributed by atoms with van der Waals surface area (Å²) in [6.07, 6.45) is 0. The molecule has 1 amide bonds. The number of hydrogen-bond donors (Lipinski definition) is 2. The average Bonchev–Trinajstić information content (AvgIpc) is 2.66. The summed E-state index contributed by atoms with van der Waals surface area (Å²) in [5, 5.41) is 11.5. The molecular weight excluding hydrogens is 354 g/mol. The van der Waals surface area contributed by atoms with Gasteiger partial charge in [-0.1, -0.05) is 0 Å². The Morgan fingerprint density at radius 1 is 0.963 bits per heavy atom. The summed E-state index contributed by atoms with van der Waals surface area (Å²) in [4.78, 5) is 23.3. The molecule has 27 heavy (non-hydrogen) atoms. The van der Waals surface area contributed by atoms with Gasteiger partial charge in [0.25, 0.3) is 5.91 Å². The highest BCUT2D eigenvalue weighted by Gasteiger charge is 2.15. The van der Waals surface area contributed by atoms with E-state index in [1.54, 1.807) is 25.1 Å². The van der Waals surface area contributed by atoms with Crippen molar-refractivity contribution in [2.24, 2.45) is 0 Å². The van der Waals surface area contributed by atoms with E-state index in [0.717, 1.165) is 0 Å². The van der Waals surface area contributed by atoms with E-state index < -0.39 is 18.5 Å². The molecule has 0 aromatic heterocycles. The van der Waals surface area contributed by atoms with E-state index in [1.165, 1.54) is 32.4 Å². The van der Waals surface area contributed by atoms with E-state index >= 15 is 0 Å². The molecule has 0 heterocycles. The molecule has 2 aromatic rings. The topological polar surface area (TPSA) is 103 Å². The van der Waals surface area contributed by atoms with Gasteiger partial charge in [0.1, 0.15) is 11.5 Å². The molecule has 0 unspecified atom stereocenters. The van der Waals surface area contributed by atoms with Gasteiger partial charge in [0.05, 0.1) is 26.5 Å². The van der Waals surface area contributed by atoms with Gasteiger partial charge in [-0.25, -0.2) is 4.79 Å². The van der Waals surface area contributed by atoms with Crippen LogP contribution in [0.3, 0.4) is 0 Å². The first-order valence-electron chi connectivity index (χ1n) is 8.13. The number of ether oxygens (including phenoxy) is 4. The van der Waals surface area contributed by atoms with E-state index in [9.17, 15) is 9.59 Å². The zero-order valence-electron chi connectivity index (χ0n) is 15.3. The van der Waals surface area contributed by atoms with Gasteiger partial charge in [-0.2, -0.15) is 0 Å². The number of carbonyl (C=O) groups excluding carboxylic acids is 1. The summed E-state index contributed by atoms with van der Waals surface area (Å²) in [5.41, 5.74) is 0.761. The highest BCUT2D eigenvalue weighted by atomic mass is 16.5. The molecule has 2 rings (SSSR count). The van der Waals surface area contributed by atoms with Crippen molar-refractivity contribution in [1.82, 2.24) is 0 Å². The van der Waals surface area contributed by atoms with Crippen molar-refractivity contribution >= 4 is 17.6 Å². The monoisotopic (exact) mass is 375 g/mol. The highest BCUT2D eigenvalue weighted by molar-refractivity contribution is 6.05. The molecule has 0 aliphatic carbocycles. The molecule has 144 valence electrons. The summed E-state index contributed by atoms with van der Waals surface area (Å²) < 4.78 is 21.0. The molecule has 0 radical (unpaired) electrons. The number of carboxylic acid groups (broad SMARTS) is 1. The van der Waals surface area contributed by atoms with Crippen LogP contribution in [-0.2, 0) is 4.79 Å². The molecule has 0 spiro atoms. The van der Waals surface area contributed by atoms with Crippen LogP contribution in [0.5, 0.6) is 23.0 Å². The lowest BCUT2D eigenvalue weighted by Crippen LogP contribution is -2.14. The van der Waals surface area contributed by atoms with Crippen molar-refractivity contribution in [3.63, 3.8) is 0 Å². The van der Waals surface area contributed by atoms with Crippen molar-refractivity contribution < 1.29 is 33.6 Å². The molecule has 0 fully saturated rings. The third-order valence-corrected chi connectivity index (χ3v) is 3.51. The summed E-state index contributed by atoms with van der Waals surface area (Å²) in [5.74, 6) is 0.0737. The maximum Gasteiger partial charge on any atom is 0.341 e. The maximum atomic E-state index is 12.6. The number of amides is 1. The second-order valence-corrected chi connectivity index (χ2v) is 5.30. The van der Waals surface area contributed by atoms with Crippen LogP contribution in [0.25, 0.3) is 0 Å². The third kappa shape index (κ3) is 5.27. The molecule has 8 heteroatoms. The van der Waals surface area contributed by atoms with Gasteiger partial charge in [0, 0.05) is 11.6 Å². The van der Waals surface area contributed by atoms with Crippen LogP contribution >= 0.6 is 0 Å². The van der Waals surface area contributed by atoms with Gasteiger partial charge in [0.2, 0.25) is 0 Å². The molecule has 0 saturated heterocycles. The number of anilines is 1. The molecule has 0 aliphatic rings. The molecule has 0 aliphatic heterocycles. The molecule has 2 N–H and O–H groups in total. The number of hydrogen-bond acceptors (Lipinski definition) is 6. The lowest BCUT2D eigenvalue weighted by molar-refractivity contribution is -0.139.